The lowest BCUT2D eigenvalue weighted by molar-refractivity contribution is -0.132. The number of nitrogens with zero attached hydrogens (tertiary/aromatic N) is 2. The first-order chi connectivity index (χ1) is 15.3. The van der Waals surface area contributed by atoms with Crippen LogP contribution in [0.15, 0.2) is 47.4 Å². The molecule has 0 bridgehead atoms. The maximum Gasteiger partial charge on any atom is 0.243 e. The molecule has 1 heterocycles. The number of carbonyl (C=O) groups is 1. The number of amides is 1. The minimum atomic E-state index is -3.80. The number of hydrogen-bond donors (Lipinski definition) is 0. The van der Waals surface area contributed by atoms with Gasteiger partial charge in [-0.15, -0.1) is 0 Å². The van der Waals surface area contributed by atoms with Gasteiger partial charge in [0.15, 0.2) is 11.5 Å². The molecular weight excluding hydrogens is 459 g/mol. The third-order valence-electron chi connectivity index (χ3n) is 5.06. The summed E-state index contributed by atoms with van der Waals surface area (Å²) in [7, 11) is -3.80. The predicted octanol–water partition coefficient (Wildman–Crippen LogP) is 3.57. The maximum atomic E-state index is 13.3. The molecule has 2 aromatic carbocycles. The van der Waals surface area contributed by atoms with Gasteiger partial charge in [0.2, 0.25) is 15.9 Å². The Kier molecular flexibility index (Phi) is 8.33. The highest BCUT2D eigenvalue weighted by atomic mass is 35.5. The Hall–Kier alpha value is -2.36. The molecule has 0 aliphatic carbocycles. The van der Waals surface area contributed by atoms with Crippen LogP contribution in [0.25, 0.3) is 0 Å². The molecule has 0 aromatic heterocycles. The van der Waals surface area contributed by atoms with E-state index in [4.69, 9.17) is 21.1 Å². The minimum absolute atomic E-state index is 0.0476. The van der Waals surface area contributed by atoms with Gasteiger partial charge in [-0.3, -0.25) is 4.79 Å². The van der Waals surface area contributed by atoms with E-state index in [0.717, 1.165) is 12.1 Å². The van der Waals surface area contributed by atoms with Crippen LogP contribution in [0.5, 0.6) is 11.5 Å². The first-order valence-electron chi connectivity index (χ1n) is 10.4. The number of sulfonamides is 1. The van der Waals surface area contributed by atoms with Gasteiger partial charge in [-0.2, -0.15) is 4.31 Å². The fraction of sp³-hybridized carbons (Fsp3) is 0.409. The smallest absolute Gasteiger partial charge is 0.243 e. The summed E-state index contributed by atoms with van der Waals surface area (Å²) < 4.78 is 51.4. The third-order valence-corrected chi connectivity index (χ3v) is 7.25. The summed E-state index contributed by atoms with van der Waals surface area (Å²) in [5, 5.41) is -0.244. The zero-order chi connectivity index (χ0) is 23.1. The lowest BCUT2D eigenvalue weighted by Crippen LogP contribution is -2.50. The Morgan fingerprint density at radius 2 is 1.72 bits per heavy atom. The highest BCUT2D eigenvalue weighted by Crippen LogP contribution is 2.27. The molecule has 1 aliphatic rings. The molecule has 1 fully saturated rings. The van der Waals surface area contributed by atoms with Crippen molar-refractivity contribution in [1.29, 1.82) is 0 Å². The van der Waals surface area contributed by atoms with Gasteiger partial charge in [0, 0.05) is 32.6 Å². The lowest BCUT2D eigenvalue weighted by atomic mass is 10.2. The maximum absolute atomic E-state index is 13.3. The fourth-order valence-electron chi connectivity index (χ4n) is 3.37. The highest BCUT2D eigenvalue weighted by Gasteiger charge is 2.30. The SMILES string of the molecule is CCOc1ccccc1OCCCC(=O)N1CCN(S(=O)(=O)c2ccc(F)c(Cl)c2)CC1. The molecule has 1 aliphatic heterocycles. The number of hydrogen-bond acceptors (Lipinski definition) is 5. The third kappa shape index (κ3) is 5.90. The molecule has 1 amide bonds. The quantitative estimate of drug-likeness (QED) is 0.508. The summed E-state index contributed by atoms with van der Waals surface area (Å²) >= 11 is 5.72. The Bertz CT molecular complexity index is 1040. The van der Waals surface area contributed by atoms with Crippen molar-refractivity contribution in [2.24, 2.45) is 0 Å². The second-order valence-electron chi connectivity index (χ2n) is 7.19. The number of piperazine rings is 1. The Balaban J connectivity index is 1.46. The van der Waals surface area contributed by atoms with Crippen LogP contribution >= 0.6 is 11.6 Å². The van der Waals surface area contributed by atoms with Gasteiger partial charge in [0.1, 0.15) is 5.82 Å². The Labute approximate surface area is 192 Å². The zero-order valence-electron chi connectivity index (χ0n) is 17.8. The van der Waals surface area contributed by atoms with Crippen molar-refractivity contribution in [1.82, 2.24) is 9.21 Å². The van der Waals surface area contributed by atoms with Gasteiger partial charge in [-0.1, -0.05) is 23.7 Å². The molecule has 10 heteroatoms. The lowest BCUT2D eigenvalue weighted by Gasteiger charge is -2.34. The zero-order valence-corrected chi connectivity index (χ0v) is 19.4. The normalized spacial score (nSPS) is 14.9. The van der Waals surface area contributed by atoms with Crippen LogP contribution < -0.4 is 9.47 Å². The van der Waals surface area contributed by atoms with Crippen LogP contribution in [0.4, 0.5) is 4.39 Å². The van der Waals surface area contributed by atoms with Crippen LogP contribution in [-0.4, -0.2) is 62.9 Å². The second kappa shape index (κ2) is 11.0. The van der Waals surface area contributed by atoms with E-state index in [9.17, 15) is 17.6 Å². The molecule has 0 N–H and O–H groups in total. The average molecular weight is 485 g/mol. The van der Waals surface area contributed by atoms with Crippen LogP contribution in [0.2, 0.25) is 5.02 Å². The summed E-state index contributed by atoms with van der Waals surface area (Å²) in [5.41, 5.74) is 0. The molecule has 32 heavy (non-hydrogen) atoms. The van der Waals surface area contributed by atoms with Gasteiger partial charge in [-0.05, 0) is 43.7 Å². The molecule has 2 aromatic rings. The van der Waals surface area contributed by atoms with E-state index in [1.807, 2.05) is 31.2 Å². The first-order valence-corrected chi connectivity index (χ1v) is 12.2. The molecule has 0 radical (unpaired) electrons. The molecule has 7 nitrogen and oxygen atoms in total. The minimum Gasteiger partial charge on any atom is -0.490 e. The van der Waals surface area contributed by atoms with E-state index in [0.29, 0.717) is 50.6 Å². The van der Waals surface area contributed by atoms with Crippen molar-refractivity contribution < 1.29 is 27.1 Å². The van der Waals surface area contributed by atoms with Crippen molar-refractivity contribution in [3.05, 3.63) is 53.3 Å². The topological polar surface area (TPSA) is 76.2 Å². The summed E-state index contributed by atoms with van der Waals surface area (Å²) in [6, 6.07) is 10.7. The first kappa shape index (κ1) is 24.3. The number of halogens is 2. The van der Waals surface area contributed by atoms with Gasteiger partial charge >= 0.3 is 0 Å². The molecule has 0 saturated carbocycles. The summed E-state index contributed by atoms with van der Waals surface area (Å²) in [6.45, 7) is 3.73. The standard InChI is InChI=1S/C22H26ClFN2O5S/c1-2-30-20-6-3-4-7-21(20)31-15-5-8-22(27)25-11-13-26(14-12-25)32(28,29)17-9-10-19(24)18(23)16-17/h3-4,6-7,9-10,16H,2,5,8,11-15H2,1H3. The van der Waals surface area contributed by atoms with Crippen molar-refractivity contribution in [3.8, 4) is 11.5 Å². The van der Waals surface area contributed by atoms with Crippen LogP contribution in [-0.2, 0) is 14.8 Å². The van der Waals surface area contributed by atoms with E-state index in [-0.39, 0.29) is 28.9 Å². The molecule has 0 atom stereocenters. The van der Waals surface area contributed by atoms with E-state index in [2.05, 4.69) is 0 Å². The van der Waals surface area contributed by atoms with Crippen molar-refractivity contribution in [2.75, 3.05) is 39.4 Å². The Morgan fingerprint density at radius 3 is 2.34 bits per heavy atom. The largest absolute Gasteiger partial charge is 0.490 e. The van der Waals surface area contributed by atoms with Crippen molar-refractivity contribution in [2.45, 2.75) is 24.7 Å². The van der Waals surface area contributed by atoms with Crippen LogP contribution in [0.1, 0.15) is 19.8 Å². The second-order valence-corrected chi connectivity index (χ2v) is 9.54. The van der Waals surface area contributed by atoms with E-state index in [1.165, 1.54) is 10.4 Å². The number of carbonyl (C=O) groups excluding carboxylic acids is 1. The van der Waals surface area contributed by atoms with E-state index in [1.54, 1.807) is 4.90 Å². The summed E-state index contributed by atoms with van der Waals surface area (Å²) in [6.07, 6.45) is 0.836. The van der Waals surface area contributed by atoms with E-state index < -0.39 is 15.8 Å². The molecule has 3 rings (SSSR count). The molecule has 0 unspecified atom stereocenters. The van der Waals surface area contributed by atoms with Crippen molar-refractivity contribution >= 4 is 27.5 Å². The molecule has 174 valence electrons. The average Bonchev–Trinajstić information content (AvgIpc) is 2.79. The molecule has 0 spiro atoms. The number of para-hydroxylation sites is 2. The molecular formula is C22H26ClFN2O5S. The van der Waals surface area contributed by atoms with Crippen LogP contribution in [0.3, 0.4) is 0 Å². The van der Waals surface area contributed by atoms with Gasteiger partial charge in [0.05, 0.1) is 23.1 Å². The van der Waals surface area contributed by atoms with Gasteiger partial charge in [0.25, 0.3) is 0 Å². The Morgan fingerprint density at radius 1 is 1.06 bits per heavy atom. The number of rotatable bonds is 9. The summed E-state index contributed by atoms with van der Waals surface area (Å²) in [5.74, 6) is 0.586. The number of ether oxygens (including phenoxy) is 2. The monoisotopic (exact) mass is 484 g/mol. The summed E-state index contributed by atoms with van der Waals surface area (Å²) in [4.78, 5) is 14.1. The van der Waals surface area contributed by atoms with Crippen molar-refractivity contribution in [3.63, 3.8) is 0 Å². The van der Waals surface area contributed by atoms with Crippen LogP contribution in [0, 0.1) is 5.82 Å². The van der Waals surface area contributed by atoms with Gasteiger partial charge in [-0.25, -0.2) is 12.8 Å². The molecule has 1 saturated heterocycles. The highest BCUT2D eigenvalue weighted by molar-refractivity contribution is 7.89. The van der Waals surface area contributed by atoms with Gasteiger partial charge < -0.3 is 14.4 Å². The fourth-order valence-corrected chi connectivity index (χ4v) is 5.07. The van der Waals surface area contributed by atoms with E-state index >= 15 is 0 Å². The number of benzene rings is 2. The predicted molar refractivity (Wildman–Crippen MR) is 119 cm³/mol.